The van der Waals surface area contributed by atoms with Crippen LogP contribution in [0.4, 0.5) is 5.13 Å². The minimum atomic E-state index is -0.123. The largest absolute Gasteiger partial charge is 0.497 e. The Kier molecular flexibility index (Phi) is 6.10. The van der Waals surface area contributed by atoms with Crippen LogP contribution < -0.4 is 10.1 Å². The molecule has 0 aliphatic heterocycles. The Morgan fingerprint density at radius 1 is 1.00 bits per heavy atom. The second-order valence-electron chi connectivity index (χ2n) is 7.16. The number of methoxy groups -OCH3 is 1. The lowest BCUT2D eigenvalue weighted by atomic mass is 10.2. The second-order valence-corrected chi connectivity index (χ2v) is 8.96. The number of ether oxygens (including phenoxy) is 1. The van der Waals surface area contributed by atoms with Crippen LogP contribution in [-0.4, -0.2) is 33.3 Å². The van der Waals surface area contributed by atoms with Crippen LogP contribution in [0.1, 0.15) is 0 Å². The molecule has 1 N–H and O–H groups in total. The number of anilines is 1. The highest BCUT2D eigenvalue weighted by Gasteiger charge is 2.15. The Bertz CT molecular complexity index is 1400. The van der Waals surface area contributed by atoms with Crippen molar-refractivity contribution in [2.24, 2.45) is 0 Å². The highest BCUT2D eigenvalue weighted by atomic mass is 32.2. The lowest BCUT2D eigenvalue weighted by Crippen LogP contribution is -2.14. The van der Waals surface area contributed by atoms with Crippen molar-refractivity contribution in [2.45, 2.75) is 5.16 Å². The van der Waals surface area contributed by atoms with Gasteiger partial charge in [0.15, 0.2) is 10.3 Å². The van der Waals surface area contributed by atoms with Crippen LogP contribution in [0.3, 0.4) is 0 Å². The zero-order valence-corrected chi connectivity index (χ0v) is 19.4. The molecule has 0 saturated heterocycles. The van der Waals surface area contributed by atoms with E-state index in [9.17, 15) is 4.79 Å². The summed E-state index contributed by atoms with van der Waals surface area (Å²) in [5.74, 6) is 0.900. The Balaban J connectivity index is 1.30. The molecule has 3 aromatic carbocycles. The summed E-state index contributed by atoms with van der Waals surface area (Å²) in [5.41, 5.74) is 4.71. The molecule has 0 unspecified atom stereocenters. The van der Waals surface area contributed by atoms with E-state index in [1.165, 1.54) is 23.1 Å². The molecule has 0 fully saturated rings. The molecule has 8 heteroatoms. The van der Waals surface area contributed by atoms with Crippen LogP contribution in [-0.2, 0) is 4.79 Å². The van der Waals surface area contributed by atoms with Gasteiger partial charge in [-0.25, -0.2) is 9.97 Å². The predicted molar refractivity (Wildman–Crippen MR) is 135 cm³/mol. The Morgan fingerprint density at radius 2 is 1.76 bits per heavy atom. The number of imidazole rings is 1. The van der Waals surface area contributed by atoms with Crippen LogP contribution in [0.25, 0.3) is 28.0 Å². The van der Waals surface area contributed by atoms with E-state index in [-0.39, 0.29) is 11.7 Å². The summed E-state index contributed by atoms with van der Waals surface area (Å²) >= 11 is 2.81. The number of fused-ring (bicyclic) bond motifs is 1. The van der Waals surface area contributed by atoms with Gasteiger partial charge in [-0.2, -0.15) is 0 Å². The molecule has 2 heterocycles. The molecule has 5 rings (SSSR count). The number of hydrogen-bond donors (Lipinski definition) is 1. The lowest BCUT2D eigenvalue weighted by molar-refractivity contribution is -0.113. The number of benzene rings is 3. The summed E-state index contributed by atoms with van der Waals surface area (Å²) in [6.45, 7) is 0. The van der Waals surface area contributed by atoms with Crippen molar-refractivity contribution < 1.29 is 9.53 Å². The molecule has 0 spiro atoms. The summed E-state index contributed by atoms with van der Waals surface area (Å²) in [7, 11) is 1.64. The first-order valence-electron chi connectivity index (χ1n) is 10.3. The van der Waals surface area contributed by atoms with E-state index in [0.29, 0.717) is 5.13 Å². The maximum Gasteiger partial charge on any atom is 0.236 e. The number of hydrogen-bond acceptors (Lipinski definition) is 6. The average molecular weight is 473 g/mol. The van der Waals surface area contributed by atoms with E-state index < -0.39 is 0 Å². The number of rotatable bonds is 7. The Hall–Kier alpha value is -3.62. The number of thiazole rings is 1. The summed E-state index contributed by atoms with van der Waals surface area (Å²) < 4.78 is 7.28. The van der Waals surface area contributed by atoms with Gasteiger partial charge in [-0.15, -0.1) is 11.3 Å². The third-order valence-electron chi connectivity index (χ3n) is 5.01. The number of carbonyl (C=O) groups excluding carboxylic acids is 1. The normalized spacial score (nSPS) is 10.9. The minimum Gasteiger partial charge on any atom is -0.497 e. The molecule has 0 radical (unpaired) electrons. The van der Waals surface area contributed by atoms with Gasteiger partial charge in [0.2, 0.25) is 5.91 Å². The van der Waals surface area contributed by atoms with Crippen molar-refractivity contribution in [3.05, 3.63) is 84.2 Å². The lowest BCUT2D eigenvalue weighted by Gasteiger charge is -2.08. The third-order valence-corrected chi connectivity index (χ3v) is 6.71. The SMILES string of the molecule is COc1ccc(-c2csc(NC(=O)CSc3nc4ccccc4n3-c3ccccc3)n2)cc1. The van der Waals surface area contributed by atoms with Crippen molar-refractivity contribution in [3.8, 4) is 22.7 Å². The van der Waals surface area contributed by atoms with E-state index in [1.54, 1.807) is 7.11 Å². The van der Waals surface area contributed by atoms with E-state index >= 15 is 0 Å². The number of para-hydroxylation sites is 3. The zero-order chi connectivity index (χ0) is 22.6. The van der Waals surface area contributed by atoms with Gasteiger partial charge in [0.05, 0.1) is 29.6 Å². The standard InChI is InChI=1S/C25H20N4O2S2/c1-31-19-13-11-17(12-14-19)21-15-32-24(26-21)28-23(30)16-33-25-27-20-9-5-6-10-22(20)29(25)18-7-3-2-4-8-18/h2-15H,16H2,1H3,(H,26,28,30). The summed E-state index contributed by atoms with van der Waals surface area (Å²) in [6.07, 6.45) is 0. The van der Waals surface area contributed by atoms with Gasteiger partial charge < -0.3 is 10.1 Å². The van der Waals surface area contributed by atoms with Crippen LogP contribution in [0.5, 0.6) is 5.75 Å². The first kappa shape index (κ1) is 21.2. The van der Waals surface area contributed by atoms with E-state index in [2.05, 4.69) is 14.9 Å². The van der Waals surface area contributed by atoms with Crippen LogP contribution >= 0.6 is 23.1 Å². The predicted octanol–water partition coefficient (Wildman–Crippen LogP) is 5.89. The number of thioether (sulfide) groups is 1. The quantitative estimate of drug-likeness (QED) is 0.299. The minimum absolute atomic E-state index is 0.123. The van der Waals surface area contributed by atoms with Crippen molar-refractivity contribution in [1.82, 2.24) is 14.5 Å². The number of nitrogens with zero attached hydrogens (tertiary/aromatic N) is 3. The van der Waals surface area contributed by atoms with Crippen LogP contribution in [0.2, 0.25) is 0 Å². The fourth-order valence-electron chi connectivity index (χ4n) is 3.44. The molecule has 5 aromatic rings. The number of nitrogens with one attached hydrogen (secondary N) is 1. The van der Waals surface area contributed by atoms with Crippen molar-refractivity contribution in [2.75, 3.05) is 18.2 Å². The first-order valence-corrected chi connectivity index (χ1v) is 12.1. The molecule has 33 heavy (non-hydrogen) atoms. The maximum absolute atomic E-state index is 12.7. The van der Waals surface area contributed by atoms with E-state index in [4.69, 9.17) is 9.72 Å². The average Bonchev–Trinajstić information content (AvgIpc) is 3.48. The molecule has 164 valence electrons. The van der Waals surface area contributed by atoms with Gasteiger partial charge in [-0.05, 0) is 48.5 Å². The van der Waals surface area contributed by atoms with Crippen molar-refractivity contribution >= 4 is 45.2 Å². The molecule has 0 atom stereocenters. The van der Waals surface area contributed by atoms with Gasteiger partial charge in [-0.1, -0.05) is 42.1 Å². The molecule has 0 saturated carbocycles. The van der Waals surface area contributed by atoms with Crippen LogP contribution in [0, 0.1) is 0 Å². The molecular formula is C25H20N4O2S2. The van der Waals surface area contributed by atoms with Gasteiger partial charge in [-0.3, -0.25) is 9.36 Å². The molecule has 0 bridgehead atoms. The molecular weight excluding hydrogens is 452 g/mol. The number of aromatic nitrogens is 3. The Labute approximate surface area is 199 Å². The van der Waals surface area contributed by atoms with Gasteiger partial charge >= 0.3 is 0 Å². The summed E-state index contributed by atoms with van der Waals surface area (Å²) in [4.78, 5) is 22.0. The molecule has 0 aliphatic carbocycles. The van der Waals surface area contributed by atoms with E-state index in [1.807, 2.05) is 84.2 Å². The van der Waals surface area contributed by atoms with Crippen molar-refractivity contribution in [3.63, 3.8) is 0 Å². The van der Waals surface area contributed by atoms with Gasteiger partial charge in [0, 0.05) is 16.6 Å². The smallest absolute Gasteiger partial charge is 0.236 e. The monoisotopic (exact) mass is 472 g/mol. The molecule has 2 aromatic heterocycles. The zero-order valence-electron chi connectivity index (χ0n) is 17.8. The number of carbonyl (C=O) groups is 1. The van der Waals surface area contributed by atoms with Crippen molar-refractivity contribution in [1.29, 1.82) is 0 Å². The topological polar surface area (TPSA) is 69.0 Å². The highest BCUT2D eigenvalue weighted by molar-refractivity contribution is 7.99. The summed E-state index contributed by atoms with van der Waals surface area (Å²) in [6, 6.07) is 25.7. The third kappa shape index (κ3) is 4.62. The Morgan fingerprint density at radius 3 is 2.55 bits per heavy atom. The molecule has 6 nitrogen and oxygen atoms in total. The second kappa shape index (κ2) is 9.48. The molecule has 1 amide bonds. The summed E-state index contributed by atoms with van der Waals surface area (Å²) in [5, 5.41) is 6.18. The van der Waals surface area contributed by atoms with Crippen LogP contribution in [0.15, 0.2) is 89.4 Å². The van der Waals surface area contributed by atoms with Gasteiger partial charge in [0.1, 0.15) is 5.75 Å². The maximum atomic E-state index is 12.7. The first-order chi connectivity index (χ1) is 16.2. The van der Waals surface area contributed by atoms with Gasteiger partial charge in [0.25, 0.3) is 0 Å². The number of amides is 1. The van der Waals surface area contributed by atoms with E-state index in [0.717, 1.165) is 38.9 Å². The fraction of sp³-hybridized carbons (Fsp3) is 0.0800. The molecule has 0 aliphatic rings. The highest BCUT2D eigenvalue weighted by Crippen LogP contribution is 2.29. The fourth-order valence-corrected chi connectivity index (χ4v) is 5.00.